The molecule has 18 heavy (non-hydrogen) atoms. The zero-order valence-electron chi connectivity index (χ0n) is 10.7. The Morgan fingerprint density at radius 2 is 1.94 bits per heavy atom. The first-order valence-electron chi connectivity index (χ1n) is 6.45. The average molecular weight is 258 g/mol. The number of carbonyl (C=O) groups excluding carboxylic acids is 1. The smallest absolute Gasteiger partial charge is 0.328 e. The number of rotatable bonds is 4. The van der Waals surface area contributed by atoms with Crippen molar-refractivity contribution < 1.29 is 19.8 Å². The van der Waals surface area contributed by atoms with Crippen molar-refractivity contribution in [3.05, 3.63) is 0 Å². The first kappa shape index (κ1) is 14.8. The maximum absolute atomic E-state index is 11.6. The third-order valence-corrected chi connectivity index (χ3v) is 3.46. The second-order valence-electron chi connectivity index (χ2n) is 4.91. The molecule has 4 N–H and O–H groups in total. The predicted molar refractivity (Wildman–Crippen MR) is 66.2 cm³/mol. The molecule has 0 radical (unpaired) electrons. The molecule has 6 heteroatoms. The molecule has 6 nitrogen and oxygen atoms in total. The number of carboxylic acids is 1. The second kappa shape index (κ2) is 7.20. The van der Waals surface area contributed by atoms with Gasteiger partial charge < -0.3 is 20.8 Å². The SMILES string of the molecule is CC1CCCCCC1NC(=O)N[C@H](CO)C(=O)O. The minimum Gasteiger partial charge on any atom is -0.480 e. The lowest BCUT2D eigenvalue weighted by atomic mass is 9.97. The molecule has 0 spiro atoms. The molecule has 1 aliphatic carbocycles. The summed E-state index contributed by atoms with van der Waals surface area (Å²) in [7, 11) is 0. The van der Waals surface area contributed by atoms with Crippen LogP contribution in [0.2, 0.25) is 0 Å². The van der Waals surface area contributed by atoms with Gasteiger partial charge in [-0.1, -0.05) is 26.2 Å². The predicted octanol–water partition coefficient (Wildman–Crippen LogP) is 0.700. The summed E-state index contributed by atoms with van der Waals surface area (Å²) in [4.78, 5) is 22.3. The third kappa shape index (κ3) is 4.52. The molecule has 1 rings (SSSR count). The second-order valence-corrected chi connectivity index (χ2v) is 4.91. The normalized spacial score (nSPS) is 25.9. The summed E-state index contributed by atoms with van der Waals surface area (Å²) in [6.07, 6.45) is 5.43. The van der Waals surface area contributed by atoms with Crippen LogP contribution in [-0.4, -0.2) is 40.9 Å². The molecule has 3 atom stereocenters. The molecule has 0 bridgehead atoms. The zero-order valence-corrected chi connectivity index (χ0v) is 10.7. The largest absolute Gasteiger partial charge is 0.480 e. The van der Waals surface area contributed by atoms with E-state index in [-0.39, 0.29) is 6.04 Å². The molecule has 0 heterocycles. The van der Waals surface area contributed by atoms with Crippen LogP contribution in [0.25, 0.3) is 0 Å². The molecule has 1 fully saturated rings. The third-order valence-electron chi connectivity index (χ3n) is 3.46. The molecule has 0 aromatic carbocycles. The van der Waals surface area contributed by atoms with Gasteiger partial charge in [-0.3, -0.25) is 0 Å². The maximum atomic E-state index is 11.6. The number of nitrogens with one attached hydrogen (secondary N) is 2. The summed E-state index contributed by atoms with van der Waals surface area (Å²) < 4.78 is 0. The van der Waals surface area contributed by atoms with Crippen molar-refractivity contribution in [2.75, 3.05) is 6.61 Å². The van der Waals surface area contributed by atoms with Gasteiger partial charge in [0, 0.05) is 6.04 Å². The van der Waals surface area contributed by atoms with Gasteiger partial charge in [-0.2, -0.15) is 0 Å². The Morgan fingerprint density at radius 1 is 1.28 bits per heavy atom. The molecule has 0 aromatic rings. The summed E-state index contributed by atoms with van der Waals surface area (Å²) >= 11 is 0. The zero-order chi connectivity index (χ0) is 13.5. The number of amides is 2. The Kier molecular flexibility index (Phi) is 5.91. The van der Waals surface area contributed by atoms with Crippen LogP contribution in [-0.2, 0) is 4.79 Å². The molecule has 0 aromatic heterocycles. The highest BCUT2D eigenvalue weighted by atomic mass is 16.4. The van der Waals surface area contributed by atoms with Crippen molar-refractivity contribution >= 4 is 12.0 Å². The van der Waals surface area contributed by atoms with Crippen LogP contribution < -0.4 is 10.6 Å². The number of hydrogen-bond acceptors (Lipinski definition) is 3. The Balaban J connectivity index is 2.44. The van der Waals surface area contributed by atoms with E-state index in [1.807, 2.05) is 0 Å². The minimum absolute atomic E-state index is 0.0839. The van der Waals surface area contributed by atoms with E-state index in [0.29, 0.717) is 5.92 Å². The van der Waals surface area contributed by atoms with Crippen molar-refractivity contribution in [1.82, 2.24) is 10.6 Å². The number of aliphatic hydroxyl groups is 1. The molecule has 1 aliphatic rings. The molecule has 2 unspecified atom stereocenters. The maximum Gasteiger partial charge on any atom is 0.328 e. The molecule has 2 amide bonds. The molecule has 1 saturated carbocycles. The van der Waals surface area contributed by atoms with E-state index in [2.05, 4.69) is 17.6 Å². The van der Waals surface area contributed by atoms with Crippen molar-refractivity contribution in [2.24, 2.45) is 5.92 Å². The first-order valence-corrected chi connectivity index (χ1v) is 6.45. The Morgan fingerprint density at radius 3 is 2.56 bits per heavy atom. The van der Waals surface area contributed by atoms with E-state index in [4.69, 9.17) is 10.2 Å². The number of carboxylic acid groups (broad SMARTS) is 1. The van der Waals surface area contributed by atoms with Gasteiger partial charge in [0.25, 0.3) is 0 Å². The van der Waals surface area contributed by atoms with Gasteiger partial charge in [0.1, 0.15) is 0 Å². The number of hydrogen-bond donors (Lipinski definition) is 4. The van der Waals surface area contributed by atoms with Crippen molar-refractivity contribution in [3.8, 4) is 0 Å². The van der Waals surface area contributed by atoms with Crippen molar-refractivity contribution in [3.63, 3.8) is 0 Å². The van der Waals surface area contributed by atoms with Gasteiger partial charge in [0.2, 0.25) is 0 Å². The summed E-state index contributed by atoms with van der Waals surface area (Å²) in [5, 5.41) is 22.6. The van der Waals surface area contributed by atoms with E-state index < -0.39 is 24.6 Å². The van der Waals surface area contributed by atoms with Crippen LogP contribution in [0.5, 0.6) is 0 Å². The number of urea groups is 1. The van der Waals surface area contributed by atoms with Crippen molar-refractivity contribution in [1.29, 1.82) is 0 Å². The van der Waals surface area contributed by atoms with E-state index in [1.54, 1.807) is 0 Å². The molecule has 0 saturated heterocycles. The van der Waals surface area contributed by atoms with E-state index in [9.17, 15) is 9.59 Å². The lowest BCUT2D eigenvalue weighted by Gasteiger charge is -2.23. The van der Waals surface area contributed by atoms with Gasteiger partial charge in [-0.05, 0) is 18.8 Å². The fourth-order valence-corrected chi connectivity index (χ4v) is 2.26. The highest BCUT2D eigenvalue weighted by molar-refractivity contribution is 5.82. The fraction of sp³-hybridized carbons (Fsp3) is 0.833. The van der Waals surface area contributed by atoms with Gasteiger partial charge in [0.15, 0.2) is 6.04 Å². The number of carbonyl (C=O) groups is 2. The lowest BCUT2D eigenvalue weighted by molar-refractivity contribution is -0.140. The lowest BCUT2D eigenvalue weighted by Crippen LogP contribution is -2.51. The van der Waals surface area contributed by atoms with E-state index in [0.717, 1.165) is 19.3 Å². The quantitative estimate of drug-likeness (QED) is 0.558. The highest BCUT2D eigenvalue weighted by Gasteiger charge is 2.24. The van der Waals surface area contributed by atoms with Crippen LogP contribution in [0.3, 0.4) is 0 Å². The van der Waals surface area contributed by atoms with Gasteiger partial charge in [0.05, 0.1) is 6.61 Å². The molecule has 0 aliphatic heterocycles. The van der Waals surface area contributed by atoms with Gasteiger partial charge in [-0.25, -0.2) is 9.59 Å². The van der Waals surface area contributed by atoms with E-state index in [1.165, 1.54) is 12.8 Å². The van der Waals surface area contributed by atoms with Crippen LogP contribution in [0.4, 0.5) is 4.79 Å². The Hall–Kier alpha value is -1.30. The first-order chi connectivity index (χ1) is 8.54. The van der Waals surface area contributed by atoms with Crippen molar-refractivity contribution in [2.45, 2.75) is 51.1 Å². The number of aliphatic hydroxyl groups excluding tert-OH is 1. The van der Waals surface area contributed by atoms with Crippen LogP contribution >= 0.6 is 0 Å². The summed E-state index contributed by atoms with van der Waals surface area (Å²) in [6.45, 7) is 1.49. The Labute approximate surface area is 107 Å². The molecular formula is C12H22N2O4. The molecule has 104 valence electrons. The summed E-state index contributed by atoms with van der Waals surface area (Å²) in [6, 6.07) is -1.68. The molecular weight excluding hydrogens is 236 g/mol. The van der Waals surface area contributed by atoms with Crippen LogP contribution in [0.15, 0.2) is 0 Å². The fourth-order valence-electron chi connectivity index (χ4n) is 2.26. The number of aliphatic carboxylic acids is 1. The summed E-state index contributed by atoms with van der Waals surface area (Å²) in [5.74, 6) is -0.836. The average Bonchev–Trinajstić information content (AvgIpc) is 2.51. The monoisotopic (exact) mass is 258 g/mol. The topological polar surface area (TPSA) is 98.7 Å². The van der Waals surface area contributed by atoms with Crippen LogP contribution in [0, 0.1) is 5.92 Å². The van der Waals surface area contributed by atoms with Crippen LogP contribution in [0.1, 0.15) is 39.0 Å². The Bertz CT molecular complexity index is 296. The highest BCUT2D eigenvalue weighted by Crippen LogP contribution is 2.22. The minimum atomic E-state index is -1.24. The van der Waals surface area contributed by atoms with Gasteiger partial charge in [-0.15, -0.1) is 0 Å². The standard InChI is InChI=1S/C12H22N2O4/c1-8-5-3-2-4-6-9(8)13-12(18)14-10(7-15)11(16)17/h8-10,15H,2-7H2,1H3,(H,16,17)(H2,13,14,18)/t8?,9?,10-/m1/s1. The van der Waals surface area contributed by atoms with Gasteiger partial charge >= 0.3 is 12.0 Å². The summed E-state index contributed by atoms with van der Waals surface area (Å²) in [5.41, 5.74) is 0. The van der Waals surface area contributed by atoms with E-state index >= 15 is 0 Å².